The molecule has 0 aliphatic carbocycles. The largest absolute Gasteiger partial charge is 0.316 e. The van der Waals surface area contributed by atoms with E-state index in [4.69, 9.17) is 0 Å². The lowest BCUT2D eigenvalue weighted by molar-refractivity contribution is 0.310. The number of rotatable bonds is 5. The Kier molecular flexibility index (Phi) is 4.72. The van der Waals surface area contributed by atoms with E-state index in [-0.39, 0.29) is 5.82 Å². The van der Waals surface area contributed by atoms with Crippen LogP contribution in [0.3, 0.4) is 0 Å². The Balaban J connectivity index is 2.02. The third-order valence-electron chi connectivity index (χ3n) is 3.83. The van der Waals surface area contributed by atoms with Gasteiger partial charge in [-0.05, 0) is 37.6 Å². The highest BCUT2D eigenvalue weighted by atomic mass is 19.1. The first-order valence-electron chi connectivity index (χ1n) is 6.87. The summed E-state index contributed by atoms with van der Waals surface area (Å²) in [5.41, 5.74) is 1.99. The zero-order valence-electron chi connectivity index (χ0n) is 11.4. The van der Waals surface area contributed by atoms with Crippen LogP contribution in [-0.2, 0) is 13.1 Å². The Hall–Kier alpha value is -0.930. The van der Waals surface area contributed by atoms with E-state index in [1.807, 2.05) is 19.2 Å². The monoisotopic (exact) mass is 250 g/mol. The second kappa shape index (κ2) is 6.30. The highest BCUT2D eigenvalue weighted by Crippen LogP contribution is 2.22. The fourth-order valence-corrected chi connectivity index (χ4v) is 2.69. The SMILES string of the molecule is CCC1CCN(Cc2cc(CNC)ccc2F)C1. The summed E-state index contributed by atoms with van der Waals surface area (Å²) in [6, 6.07) is 5.44. The number of halogens is 1. The number of benzene rings is 1. The molecule has 1 aliphatic heterocycles. The normalized spacial score (nSPS) is 20.5. The van der Waals surface area contributed by atoms with Gasteiger partial charge >= 0.3 is 0 Å². The molecule has 2 nitrogen and oxygen atoms in total. The van der Waals surface area contributed by atoms with Crippen LogP contribution in [0.1, 0.15) is 30.9 Å². The Morgan fingerprint density at radius 3 is 2.94 bits per heavy atom. The van der Waals surface area contributed by atoms with Crippen molar-refractivity contribution in [2.24, 2.45) is 5.92 Å². The van der Waals surface area contributed by atoms with Gasteiger partial charge in [0.05, 0.1) is 0 Å². The van der Waals surface area contributed by atoms with Gasteiger partial charge in [0.25, 0.3) is 0 Å². The maximum absolute atomic E-state index is 13.8. The minimum Gasteiger partial charge on any atom is -0.316 e. The molecule has 1 atom stereocenters. The van der Waals surface area contributed by atoms with Crippen molar-refractivity contribution in [1.82, 2.24) is 10.2 Å². The molecule has 0 bridgehead atoms. The molecular formula is C15H23FN2. The highest BCUT2D eigenvalue weighted by molar-refractivity contribution is 5.25. The van der Waals surface area contributed by atoms with Crippen LogP contribution in [0, 0.1) is 11.7 Å². The molecule has 18 heavy (non-hydrogen) atoms. The van der Waals surface area contributed by atoms with Crippen LogP contribution in [0.4, 0.5) is 4.39 Å². The van der Waals surface area contributed by atoms with E-state index in [0.717, 1.165) is 43.2 Å². The highest BCUT2D eigenvalue weighted by Gasteiger charge is 2.21. The molecular weight excluding hydrogens is 227 g/mol. The molecule has 1 aliphatic rings. The van der Waals surface area contributed by atoms with Crippen molar-refractivity contribution >= 4 is 0 Å². The molecule has 2 rings (SSSR count). The van der Waals surface area contributed by atoms with Gasteiger partial charge in [0.15, 0.2) is 0 Å². The molecule has 1 heterocycles. The van der Waals surface area contributed by atoms with Crippen molar-refractivity contribution in [3.8, 4) is 0 Å². The topological polar surface area (TPSA) is 15.3 Å². The molecule has 1 N–H and O–H groups in total. The summed E-state index contributed by atoms with van der Waals surface area (Å²) < 4.78 is 13.8. The molecule has 0 amide bonds. The van der Waals surface area contributed by atoms with Crippen molar-refractivity contribution in [2.45, 2.75) is 32.9 Å². The van der Waals surface area contributed by atoms with Gasteiger partial charge in [0, 0.05) is 25.2 Å². The van der Waals surface area contributed by atoms with Crippen molar-refractivity contribution < 1.29 is 4.39 Å². The summed E-state index contributed by atoms with van der Waals surface area (Å²) in [7, 11) is 1.91. The van der Waals surface area contributed by atoms with Crippen LogP contribution >= 0.6 is 0 Å². The van der Waals surface area contributed by atoms with Crippen molar-refractivity contribution in [3.05, 3.63) is 35.1 Å². The molecule has 100 valence electrons. The van der Waals surface area contributed by atoms with Crippen LogP contribution < -0.4 is 5.32 Å². The zero-order valence-corrected chi connectivity index (χ0v) is 11.4. The first kappa shape index (κ1) is 13.5. The Labute approximate surface area is 109 Å². The van der Waals surface area contributed by atoms with Crippen molar-refractivity contribution in [1.29, 1.82) is 0 Å². The maximum atomic E-state index is 13.8. The van der Waals surface area contributed by atoms with E-state index < -0.39 is 0 Å². The molecule has 0 aromatic heterocycles. The van der Waals surface area contributed by atoms with E-state index in [9.17, 15) is 4.39 Å². The number of hydrogen-bond donors (Lipinski definition) is 1. The lowest BCUT2D eigenvalue weighted by Gasteiger charge is -2.17. The van der Waals surface area contributed by atoms with Crippen LogP contribution in [0.25, 0.3) is 0 Å². The lowest BCUT2D eigenvalue weighted by Crippen LogP contribution is -2.21. The Morgan fingerprint density at radius 1 is 1.44 bits per heavy atom. The third-order valence-corrected chi connectivity index (χ3v) is 3.83. The predicted molar refractivity (Wildman–Crippen MR) is 72.8 cm³/mol. The number of hydrogen-bond acceptors (Lipinski definition) is 2. The van der Waals surface area contributed by atoms with Gasteiger partial charge < -0.3 is 5.32 Å². The summed E-state index contributed by atoms with van der Waals surface area (Å²) in [6.45, 7) is 6.01. The summed E-state index contributed by atoms with van der Waals surface area (Å²) in [6.07, 6.45) is 2.49. The van der Waals surface area contributed by atoms with Crippen molar-refractivity contribution in [2.75, 3.05) is 20.1 Å². The van der Waals surface area contributed by atoms with Gasteiger partial charge in [0.2, 0.25) is 0 Å². The zero-order chi connectivity index (χ0) is 13.0. The summed E-state index contributed by atoms with van der Waals surface area (Å²) in [4.78, 5) is 2.37. The third kappa shape index (κ3) is 3.30. The van der Waals surface area contributed by atoms with E-state index in [1.165, 1.54) is 12.8 Å². The lowest BCUT2D eigenvalue weighted by atomic mass is 10.1. The summed E-state index contributed by atoms with van der Waals surface area (Å²) in [5.74, 6) is 0.725. The molecule has 1 aromatic carbocycles. The number of likely N-dealkylation sites (tertiary alicyclic amines) is 1. The van der Waals surface area contributed by atoms with Crippen molar-refractivity contribution in [3.63, 3.8) is 0 Å². The fourth-order valence-electron chi connectivity index (χ4n) is 2.69. The molecule has 0 radical (unpaired) electrons. The van der Waals surface area contributed by atoms with E-state index in [2.05, 4.69) is 17.1 Å². The number of nitrogens with zero attached hydrogens (tertiary/aromatic N) is 1. The quantitative estimate of drug-likeness (QED) is 0.864. The van der Waals surface area contributed by atoms with Gasteiger partial charge in [-0.1, -0.05) is 25.5 Å². The molecule has 3 heteroatoms. The van der Waals surface area contributed by atoms with Gasteiger partial charge in [-0.15, -0.1) is 0 Å². The van der Waals surface area contributed by atoms with Gasteiger partial charge in [-0.25, -0.2) is 4.39 Å². The minimum atomic E-state index is -0.0743. The molecule has 1 fully saturated rings. The predicted octanol–water partition coefficient (Wildman–Crippen LogP) is 2.78. The van der Waals surface area contributed by atoms with E-state index in [1.54, 1.807) is 6.07 Å². The second-order valence-electron chi connectivity index (χ2n) is 5.25. The van der Waals surface area contributed by atoms with Gasteiger partial charge in [-0.2, -0.15) is 0 Å². The number of nitrogens with one attached hydrogen (secondary N) is 1. The smallest absolute Gasteiger partial charge is 0.127 e. The van der Waals surface area contributed by atoms with Gasteiger partial charge in [0.1, 0.15) is 5.82 Å². The van der Waals surface area contributed by atoms with E-state index >= 15 is 0 Å². The van der Waals surface area contributed by atoms with E-state index in [0.29, 0.717) is 0 Å². The van der Waals surface area contributed by atoms with Crippen LogP contribution in [0.5, 0.6) is 0 Å². The molecule has 1 saturated heterocycles. The average molecular weight is 250 g/mol. The summed E-state index contributed by atoms with van der Waals surface area (Å²) in [5, 5.41) is 3.10. The Morgan fingerprint density at radius 2 is 2.28 bits per heavy atom. The van der Waals surface area contributed by atoms with Gasteiger partial charge in [-0.3, -0.25) is 4.90 Å². The first-order chi connectivity index (χ1) is 8.72. The maximum Gasteiger partial charge on any atom is 0.127 e. The molecule has 1 aromatic rings. The first-order valence-corrected chi connectivity index (χ1v) is 6.87. The molecule has 0 saturated carbocycles. The average Bonchev–Trinajstić information content (AvgIpc) is 2.81. The second-order valence-corrected chi connectivity index (χ2v) is 5.25. The summed E-state index contributed by atoms with van der Waals surface area (Å²) >= 11 is 0. The standard InChI is InChI=1S/C15H23FN2/c1-3-12-6-7-18(10-12)11-14-8-13(9-17-2)4-5-15(14)16/h4-5,8,12,17H,3,6-7,9-11H2,1-2H3. The molecule has 0 spiro atoms. The molecule has 1 unspecified atom stereocenters. The fraction of sp³-hybridized carbons (Fsp3) is 0.600. The van der Waals surface area contributed by atoms with Crippen LogP contribution in [0.15, 0.2) is 18.2 Å². The minimum absolute atomic E-state index is 0.0743. The van der Waals surface area contributed by atoms with Crippen LogP contribution in [-0.4, -0.2) is 25.0 Å². The Bertz CT molecular complexity index is 392. The van der Waals surface area contributed by atoms with Crippen LogP contribution in [0.2, 0.25) is 0 Å².